The third kappa shape index (κ3) is 3.43. The molecule has 2 aromatic rings. The number of carbonyl (C=O) groups excluding carboxylic acids is 1. The molecule has 0 radical (unpaired) electrons. The van der Waals surface area contributed by atoms with Gasteiger partial charge in [-0.2, -0.15) is 0 Å². The number of fused-ring (bicyclic) bond motifs is 2. The third-order valence-corrected chi connectivity index (χ3v) is 4.77. The van der Waals surface area contributed by atoms with E-state index in [1.54, 1.807) is 11.0 Å². The number of hydrogen-bond acceptors (Lipinski definition) is 6. The molecule has 4 rings (SSSR count). The van der Waals surface area contributed by atoms with Crippen molar-refractivity contribution in [2.24, 2.45) is 0 Å². The molecule has 0 N–H and O–H groups in total. The van der Waals surface area contributed by atoms with E-state index in [2.05, 4.69) is 0 Å². The van der Waals surface area contributed by atoms with Crippen molar-refractivity contribution in [1.29, 1.82) is 0 Å². The molecule has 1 amide bonds. The van der Waals surface area contributed by atoms with E-state index >= 15 is 0 Å². The van der Waals surface area contributed by atoms with Crippen LogP contribution >= 0.6 is 0 Å². The zero-order valence-electron chi connectivity index (χ0n) is 14.9. The van der Waals surface area contributed by atoms with Gasteiger partial charge in [0, 0.05) is 25.2 Å². The van der Waals surface area contributed by atoms with Crippen molar-refractivity contribution in [3.8, 4) is 11.5 Å². The smallest absolute Gasteiger partial charge is 0.271 e. The van der Waals surface area contributed by atoms with Crippen LogP contribution in [0.4, 0.5) is 11.4 Å². The molecule has 0 aromatic heterocycles. The van der Waals surface area contributed by atoms with Gasteiger partial charge in [0.05, 0.1) is 17.2 Å². The lowest BCUT2D eigenvalue weighted by atomic mass is 10.1. The molecule has 2 heterocycles. The SMILES string of the molecule is CN(CC(=O)N1CCc2ccc([N+](=O)[O-])cc21)Cc1ccc2c(c1)OCO2. The maximum absolute atomic E-state index is 12.7. The molecule has 0 saturated heterocycles. The molecule has 0 saturated carbocycles. The summed E-state index contributed by atoms with van der Waals surface area (Å²) in [5, 5.41) is 11.0. The Morgan fingerprint density at radius 1 is 1.22 bits per heavy atom. The first-order chi connectivity index (χ1) is 13.0. The number of nitrogens with zero attached hydrogens (tertiary/aromatic N) is 3. The number of amides is 1. The molecule has 8 heteroatoms. The predicted molar refractivity (Wildman–Crippen MR) is 98.1 cm³/mol. The maximum atomic E-state index is 12.7. The van der Waals surface area contributed by atoms with Gasteiger partial charge < -0.3 is 14.4 Å². The Morgan fingerprint density at radius 2 is 2.04 bits per heavy atom. The first-order valence-corrected chi connectivity index (χ1v) is 8.66. The van der Waals surface area contributed by atoms with Gasteiger partial charge in [-0.15, -0.1) is 0 Å². The number of hydrogen-bond donors (Lipinski definition) is 0. The van der Waals surface area contributed by atoms with E-state index in [1.807, 2.05) is 30.1 Å². The van der Waals surface area contributed by atoms with Crippen LogP contribution in [0.15, 0.2) is 36.4 Å². The first kappa shape index (κ1) is 17.3. The topological polar surface area (TPSA) is 85.2 Å². The lowest BCUT2D eigenvalue weighted by Gasteiger charge is -2.22. The Bertz CT molecular complexity index is 914. The summed E-state index contributed by atoms with van der Waals surface area (Å²) in [5.74, 6) is 1.37. The lowest BCUT2D eigenvalue weighted by Crippen LogP contribution is -2.37. The van der Waals surface area contributed by atoms with Crippen LogP contribution in [0.3, 0.4) is 0 Å². The summed E-state index contributed by atoms with van der Waals surface area (Å²) in [6, 6.07) is 10.4. The number of nitro benzene ring substituents is 1. The average molecular weight is 369 g/mol. The monoisotopic (exact) mass is 369 g/mol. The molecule has 0 unspecified atom stereocenters. The highest BCUT2D eigenvalue weighted by molar-refractivity contribution is 5.97. The van der Waals surface area contributed by atoms with Gasteiger partial charge >= 0.3 is 0 Å². The minimum absolute atomic E-state index is 0.00200. The highest BCUT2D eigenvalue weighted by atomic mass is 16.7. The van der Waals surface area contributed by atoms with Crippen molar-refractivity contribution in [1.82, 2.24) is 4.90 Å². The van der Waals surface area contributed by atoms with E-state index in [9.17, 15) is 14.9 Å². The molecule has 8 nitrogen and oxygen atoms in total. The van der Waals surface area contributed by atoms with Gasteiger partial charge in [-0.25, -0.2) is 0 Å². The number of benzene rings is 2. The molecule has 2 aliphatic heterocycles. The normalized spacial score (nSPS) is 14.5. The second-order valence-electron chi connectivity index (χ2n) is 6.73. The van der Waals surface area contributed by atoms with Gasteiger partial charge in [-0.3, -0.25) is 19.8 Å². The standard InChI is InChI=1S/C19H19N3O5/c1-20(10-13-2-5-17-18(8-13)27-12-26-17)11-19(23)21-7-6-14-3-4-15(22(24)25)9-16(14)21/h2-5,8-9H,6-7,10-12H2,1H3. The van der Waals surface area contributed by atoms with Gasteiger partial charge in [0.15, 0.2) is 11.5 Å². The number of anilines is 1. The minimum Gasteiger partial charge on any atom is -0.454 e. The molecule has 0 bridgehead atoms. The Labute approximate surface area is 156 Å². The van der Waals surface area contributed by atoms with Gasteiger partial charge in [0.25, 0.3) is 5.69 Å². The zero-order chi connectivity index (χ0) is 19.0. The molecule has 0 spiro atoms. The van der Waals surface area contributed by atoms with Crippen LogP contribution < -0.4 is 14.4 Å². The molecule has 0 atom stereocenters. The number of rotatable bonds is 5. The van der Waals surface area contributed by atoms with E-state index in [1.165, 1.54) is 12.1 Å². The summed E-state index contributed by atoms with van der Waals surface area (Å²) in [6.45, 7) is 1.58. The van der Waals surface area contributed by atoms with Gasteiger partial charge in [-0.05, 0) is 36.7 Å². The number of ether oxygens (including phenoxy) is 2. The zero-order valence-corrected chi connectivity index (χ0v) is 14.9. The van der Waals surface area contributed by atoms with Crippen molar-refractivity contribution in [3.63, 3.8) is 0 Å². The second-order valence-corrected chi connectivity index (χ2v) is 6.73. The van der Waals surface area contributed by atoms with Crippen LogP contribution in [0, 0.1) is 10.1 Å². The number of non-ortho nitro benzene ring substituents is 1. The van der Waals surface area contributed by atoms with Crippen LogP contribution in [-0.4, -0.2) is 42.7 Å². The molecule has 27 heavy (non-hydrogen) atoms. The maximum Gasteiger partial charge on any atom is 0.271 e. The number of carbonyl (C=O) groups is 1. The Balaban J connectivity index is 1.43. The van der Waals surface area contributed by atoms with Gasteiger partial charge in [-0.1, -0.05) is 12.1 Å². The Hall–Kier alpha value is -3.13. The lowest BCUT2D eigenvalue weighted by molar-refractivity contribution is -0.384. The number of nitro groups is 1. The molecule has 2 aromatic carbocycles. The van der Waals surface area contributed by atoms with Crippen LogP contribution in [0.25, 0.3) is 0 Å². The fraction of sp³-hybridized carbons (Fsp3) is 0.316. The summed E-state index contributed by atoms with van der Waals surface area (Å²) in [7, 11) is 1.87. The predicted octanol–water partition coefficient (Wildman–Crippen LogP) is 2.34. The van der Waals surface area contributed by atoms with Crippen LogP contribution in [0.5, 0.6) is 11.5 Å². The van der Waals surface area contributed by atoms with Crippen LogP contribution in [0.2, 0.25) is 0 Å². The molecule has 140 valence electrons. The van der Waals surface area contributed by atoms with Crippen LogP contribution in [-0.2, 0) is 17.8 Å². The minimum atomic E-state index is -0.437. The van der Waals surface area contributed by atoms with Crippen molar-refractivity contribution in [3.05, 3.63) is 57.6 Å². The van der Waals surface area contributed by atoms with Crippen molar-refractivity contribution in [2.45, 2.75) is 13.0 Å². The summed E-state index contributed by atoms with van der Waals surface area (Å²) in [5.41, 5.74) is 2.63. The third-order valence-electron chi connectivity index (χ3n) is 4.77. The first-order valence-electron chi connectivity index (χ1n) is 8.66. The Morgan fingerprint density at radius 3 is 2.85 bits per heavy atom. The van der Waals surface area contributed by atoms with E-state index in [4.69, 9.17) is 9.47 Å². The second kappa shape index (κ2) is 6.88. The highest BCUT2D eigenvalue weighted by Gasteiger charge is 2.27. The molecular weight excluding hydrogens is 350 g/mol. The molecular formula is C19H19N3O5. The Kier molecular flexibility index (Phi) is 4.41. The summed E-state index contributed by atoms with van der Waals surface area (Å²) in [4.78, 5) is 26.9. The van der Waals surface area contributed by atoms with Crippen LogP contribution in [0.1, 0.15) is 11.1 Å². The van der Waals surface area contributed by atoms with E-state index in [0.29, 0.717) is 30.9 Å². The number of likely N-dealkylation sites (N-methyl/N-ethyl adjacent to an activating group) is 1. The quantitative estimate of drug-likeness (QED) is 0.594. The van der Waals surface area contributed by atoms with Crippen molar-refractivity contribution >= 4 is 17.3 Å². The molecule has 0 aliphatic carbocycles. The summed E-state index contributed by atoms with van der Waals surface area (Å²) >= 11 is 0. The average Bonchev–Trinajstić information content (AvgIpc) is 3.27. The van der Waals surface area contributed by atoms with Gasteiger partial charge in [0.1, 0.15) is 0 Å². The van der Waals surface area contributed by atoms with Crippen molar-refractivity contribution < 1.29 is 19.2 Å². The van der Waals surface area contributed by atoms with E-state index < -0.39 is 4.92 Å². The van der Waals surface area contributed by atoms with Crippen molar-refractivity contribution in [2.75, 3.05) is 31.8 Å². The van der Waals surface area contributed by atoms with Gasteiger partial charge in [0.2, 0.25) is 12.7 Å². The molecule has 2 aliphatic rings. The van der Waals surface area contributed by atoms with E-state index in [-0.39, 0.29) is 24.9 Å². The largest absolute Gasteiger partial charge is 0.454 e. The fourth-order valence-corrected chi connectivity index (χ4v) is 3.46. The van der Waals surface area contributed by atoms with E-state index in [0.717, 1.165) is 16.9 Å². The fourth-order valence-electron chi connectivity index (χ4n) is 3.46. The highest BCUT2D eigenvalue weighted by Crippen LogP contribution is 2.33. The molecule has 0 fully saturated rings. The summed E-state index contributed by atoms with van der Waals surface area (Å²) < 4.78 is 10.7. The summed E-state index contributed by atoms with van der Waals surface area (Å²) in [6.07, 6.45) is 0.713.